The lowest BCUT2D eigenvalue weighted by molar-refractivity contribution is 0.243. The quantitative estimate of drug-likeness (QED) is 0.436. The summed E-state index contributed by atoms with van der Waals surface area (Å²) in [5.74, 6) is 0. The first-order valence-corrected chi connectivity index (χ1v) is 1.87. The zero-order valence-corrected chi connectivity index (χ0v) is 3.63. The van der Waals surface area contributed by atoms with Crippen molar-refractivity contribution in [2.45, 2.75) is 0 Å². The third kappa shape index (κ3) is 1.26. The first kappa shape index (κ1) is 4.18. The molecule has 1 aliphatic rings. The van der Waals surface area contributed by atoms with Crippen LogP contribution in [0.1, 0.15) is 0 Å². The van der Waals surface area contributed by atoms with E-state index in [2.05, 4.69) is 21.0 Å². The molecule has 0 spiro atoms. The third-order valence-electron chi connectivity index (χ3n) is 0.486. The van der Waals surface area contributed by atoms with E-state index in [-0.39, 0.29) is 0 Å². The molecule has 0 amide bonds. The van der Waals surface area contributed by atoms with Gasteiger partial charge in [0.05, 0.1) is 0 Å². The van der Waals surface area contributed by atoms with Gasteiger partial charge in [-0.2, -0.15) is 0 Å². The zero-order chi connectivity index (χ0) is 4.95. The molecule has 1 aliphatic heterocycles. The Labute approximate surface area is 41.2 Å². The maximum absolute atomic E-state index is 4.66. The van der Waals surface area contributed by atoms with E-state index >= 15 is 0 Å². The molecule has 37 valence electrons. The number of ether oxygens (including phenoxy) is 1. The molecule has 0 saturated carbocycles. The van der Waals surface area contributed by atoms with Crippen molar-refractivity contribution in [3.63, 3.8) is 0 Å². The third-order valence-corrected chi connectivity index (χ3v) is 0.486. The normalized spacial score (nSPS) is 17.1. The van der Waals surface area contributed by atoms with Crippen LogP contribution in [0.25, 0.3) is 0 Å². The van der Waals surface area contributed by atoms with Crippen molar-refractivity contribution in [1.82, 2.24) is 0 Å². The fraction of sp³-hybridized carbons (Fsp3) is 0.250. The van der Waals surface area contributed by atoms with E-state index in [1.165, 1.54) is 6.40 Å². The molecule has 1 heterocycles. The lowest BCUT2D eigenvalue weighted by Crippen LogP contribution is -1.82. The average molecular weight is 98.1 g/mol. The van der Waals surface area contributed by atoms with Gasteiger partial charge in [0.2, 0.25) is 12.7 Å². The van der Waals surface area contributed by atoms with Gasteiger partial charge in [0.1, 0.15) is 6.61 Å². The van der Waals surface area contributed by atoms with Crippen molar-refractivity contribution in [2.24, 2.45) is 5.16 Å². The molecule has 0 aromatic rings. The summed E-state index contributed by atoms with van der Waals surface area (Å²) in [6, 6.07) is 0. The first-order valence-electron chi connectivity index (χ1n) is 1.87. The van der Waals surface area contributed by atoms with E-state index in [1.54, 1.807) is 6.08 Å². The maximum Gasteiger partial charge on any atom is 0.213 e. The molecule has 1 rings (SSSR count). The highest BCUT2D eigenvalue weighted by Gasteiger charge is 1.80. The highest BCUT2D eigenvalue weighted by Crippen LogP contribution is 1.82. The molecule has 1 radical (unpaired) electrons. The minimum absolute atomic E-state index is 0.490. The number of hydrogen-bond donors (Lipinski definition) is 0. The molecule has 0 unspecified atom stereocenters. The second-order valence-corrected chi connectivity index (χ2v) is 0.957. The van der Waals surface area contributed by atoms with E-state index in [0.717, 1.165) is 0 Å². The van der Waals surface area contributed by atoms with Gasteiger partial charge in [0.15, 0.2) is 0 Å². The van der Waals surface area contributed by atoms with Gasteiger partial charge in [0.25, 0.3) is 0 Å². The fourth-order valence-corrected chi connectivity index (χ4v) is 0.245. The van der Waals surface area contributed by atoms with Crippen LogP contribution in [-0.2, 0) is 9.57 Å². The Bertz CT molecular complexity index is 85.9. The van der Waals surface area contributed by atoms with E-state index in [9.17, 15) is 0 Å². The molecule has 0 bridgehead atoms. The first-order chi connectivity index (χ1) is 3.50. The second-order valence-electron chi connectivity index (χ2n) is 0.957. The second kappa shape index (κ2) is 2.23. The minimum Gasteiger partial charge on any atom is -0.476 e. The molecule has 0 aliphatic carbocycles. The van der Waals surface area contributed by atoms with Crippen LogP contribution in [0, 0.1) is 6.26 Å². The number of nitrogens with zero attached hydrogens (tertiary/aromatic N) is 1. The molecule has 0 saturated heterocycles. The summed E-state index contributed by atoms with van der Waals surface area (Å²) < 4.78 is 4.66. The van der Waals surface area contributed by atoms with Crippen LogP contribution in [0.3, 0.4) is 0 Å². The fourth-order valence-electron chi connectivity index (χ4n) is 0.245. The van der Waals surface area contributed by atoms with Gasteiger partial charge in [-0.05, 0) is 5.16 Å². The molecule has 3 heteroatoms. The van der Waals surface area contributed by atoms with Crippen molar-refractivity contribution in [3.8, 4) is 0 Å². The van der Waals surface area contributed by atoms with Crippen molar-refractivity contribution >= 4 is 6.40 Å². The standard InChI is InChI=1S/C4H4NO2/c1-2-6-4-5-7-3-1/h1,4H,2H2. The van der Waals surface area contributed by atoms with Gasteiger partial charge in [-0.25, -0.2) is 0 Å². The molecule has 3 nitrogen and oxygen atoms in total. The number of rotatable bonds is 0. The molecule has 0 atom stereocenters. The summed E-state index contributed by atoms with van der Waals surface area (Å²) in [6.45, 7) is 0.490. The molecule has 0 aromatic carbocycles. The van der Waals surface area contributed by atoms with Gasteiger partial charge in [-0.15, -0.1) is 0 Å². The van der Waals surface area contributed by atoms with Crippen molar-refractivity contribution < 1.29 is 9.57 Å². The Balaban J connectivity index is 2.38. The molecule has 0 aromatic heterocycles. The Morgan fingerprint density at radius 2 is 2.71 bits per heavy atom. The Hall–Kier alpha value is -0.990. The molecule has 0 N–H and O–H groups in total. The van der Waals surface area contributed by atoms with Crippen LogP contribution < -0.4 is 0 Å². The van der Waals surface area contributed by atoms with Gasteiger partial charge >= 0.3 is 0 Å². The minimum atomic E-state index is 0.490. The lowest BCUT2D eigenvalue weighted by atomic mass is 10.7. The van der Waals surface area contributed by atoms with Gasteiger partial charge in [-0.1, -0.05) is 0 Å². The monoisotopic (exact) mass is 98.0 g/mol. The van der Waals surface area contributed by atoms with E-state index in [0.29, 0.717) is 6.61 Å². The summed E-state index contributed by atoms with van der Waals surface area (Å²) >= 11 is 0. The van der Waals surface area contributed by atoms with Crippen molar-refractivity contribution in [2.75, 3.05) is 6.61 Å². The summed E-state index contributed by atoms with van der Waals surface area (Å²) in [7, 11) is 0. The Morgan fingerprint density at radius 1 is 1.71 bits per heavy atom. The lowest BCUT2D eigenvalue weighted by Gasteiger charge is -1.83. The summed E-state index contributed by atoms with van der Waals surface area (Å²) in [4.78, 5) is 4.33. The summed E-state index contributed by atoms with van der Waals surface area (Å²) in [5.41, 5.74) is 0. The Morgan fingerprint density at radius 3 is 3.71 bits per heavy atom. The number of oxime groups is 1. The smallest absolute Gasteiger partial charge is 0.213 e. The molecular weight excluding hydrogens is 94.0 g/mol. The van der Waals surface area contributed by atoms with E-state index in [4.69, 9.17) is 0 Å². The number of hydrogen-bond acceptors (Lipinski definition) is 3. The molecule has 7 heavy (non-hydrogen) atoms. The van der Waals surface area contributed by atoms with Crippen LogP contribution in [0.4, 0.5) is 0 Å². The van der Waals surface area contributed by atoms with Crippen LogP contribution in [0.5, 0.6) is 0 Å². The topological polar surface area (TPSA) is 30.8 Å². The van der Waals surface area contributed by atoms with Gasteiger partial charge < -0.3 is 9.57 Å². The van der Waals surface area contributed by atoms with Crippen LogP contribution in [0.15, 0.2) is 11.2 Å². The summed E-state index contributed by atoms with van der Waals surface area (Å²) in [5, 5.41) is 3.28. The van der Waals surface area contributed by atoms with Crippen LogP contribution in [-0.4, -0.2) is 13.0 Å². The van der Waals surface area contributed by atoms with Gasteiger partial charge in [0, 0.05) is 6.08 Å². The van der Waals surface area contributed by atoms with Crippen LogP contribution in [0.2, 0.25) is 0 Å². The molecule has 0 fully saturated rings. The predicted molar refractivity (Wildman–Crippen MR) is 23.3 cm³/mol. The summed E-state index contributed by atoms with van der Waals surface area (Å²) in [6.07, 6.45) is 5.24. The Kier molecular flexibility index (Phi) is 1.33. The molecular formula is C4H4NO2. The van der Waals surface area contributed by atoms with Crippen molar-refractivity contribution in [1.29, 1.82) is 0 Å². The predicted octanol–water partition coefficient (Wildman–Crippen LogP) is 0.293. The van der Waals surface area contributed by atoms with Gasteiger partial charge in [-0.3, -0.25) is 0 Å². The van der Waals surface area contributed by atoms with E-state index in [1.807, 2.05) is 0 Å². The zero-order valence-electron chi connectivity index (χ0n) is 3.63. The highest BCUT2D eigenvalue weighted by atomic mass is 16.6. The van der Waals surface area contributed by atoms with Crippen molar-refractivity contribution in [3.05, 3.63) is 12.3 Å². The maximum atomic E-state index is 4.66. The van der Waals surface area contributed by atoms with Crippen LogP contribution >= 0.6 is 0 Å². The highest BCUT2D eigenvalue weighted by molar-refractivity contribution is 5.45. The average Bonchev–Trinajstić information content (AvgIpc) is 1.90. The SMILES string of the molecule is [C]1=CCOC=NO1. The van der Waals surface area contributed by atoms with E-state index < -0.39 is 0 Å². The largest absolute Gasteiger partial charge is 0.476 e.